The van der Waals surface area contributed by atoms with Crippen LogP contribution in [0.1, 0.15) is 25.3 Å². The Balaban J connectivity index is 1.78. The highest BCUT2D eigenvalue weighted by Crippen LogP contribution is 2.44. The summed E-state index contributed by atoms with van der Waals surface area (Å²) in [4.78, 5) is 16.9. The molecule has 2 aromatic rings. The Kier molecular flexibility index (Phi) is 3.93. The molecule has 136 valence electrons. The van der Waals surface area contributed by atoms with Crippen LogP contribution in [-0.4, -0.2) is 18.5 Å². The lowest BCUT2D eigenvalue weighted by Crippen LogP contribution is -2.55. The summed E-state index contributed by atoms with van der Waals surface area (Å²) in [6.07, 6.45) is -2.61. The van der Waals surface area contributed by atoms with E-state index in [4.69, 9.17) is 0 Å². The predicted octanol–water partition coefficient (Wildman–Crippen LogP) is 4.99. The van der Waals surface area contributed by atoms with Gasteiger partial charge in [-0.15, -0.1) is 0 Å². The molecule has 0 aromatic heterocycles. The number of rotatable bonds is 1. The van der Waals surface area contributed by atoms with Gasteiger partial charge < -0.3 is 4.90 Å². The molecule has 1 saturated heterocycles. The maximum absolute atomic E-state index is 13.2. The number of anilines is 3. The number of halogens is 3. The third-order valence-electron chi connectivity index (χ3n) is 5.25. The highest BCUT2D eigenvalue weighted by Gasteiger charge is 2.41. The number of fused-ring (bicyclic) bond motifs is 3. The molecule has 4 rings (SSSR count). The maximum atomic E-state index is 13.2. The van der Waals surface area contributed by atoms with Crippen LogP contribution in [0.5, 0.6) is 0 Å². The average Bonchev–Trinajstić information content (AvgIpc) is 2.62. The van der Waals surface area contributed by atoms with Crippen LogP contribution in [0.4, 0.5) is 30.2 Å². The van der Waals surface area contributed by atoms with E-state index in [2.05, 4.69) is 11.8 Å². The number of benzene rings is 2. The van der Waals surface area contributed by atoms with Gasteiger partial charge in [0.25, 0.3) is 5.91 Å². The van der Waals surface area contributed by atoms with Gasteiger partial charge in [0, 0.05) is 12.2 Å². The zero-order valence-electron chi connectivity index (χ0n) is 14.3. The van der Waals surface area contributed by atoms with Crippen molar-refractivity contribution in [3.05, 3.63) is 54.1 Å². The van der Waals surface area contributed by atoms with E-state index in [9.17, 15) is 18.0 Å². The molecule has 2 aromatic carbocycles. The molecule has 26 heavy (non-hydrogen) atoms. The van der Waals surface area contributed by atoms with Gasteiger partial charge in [-0.1, -0.05) is 19.1 Å². The first-order valence-electron chi connectivity index (χ1n) is 8.73. The highest BCUT2D eigenvalue weighted by molar-refractivity contribution is 6.10. The molecule has 0 N–H and O–H groups in total. The lowest BCUT2D eigenvalue weighted by atomic mass is 9.89. The number of hydrogen-bond acceptors (Lipinski definition) is 2. The monoisotopic (exact) mass is 360 g/mol. The summed E-state index contributed by atoms with van der Waals surface area (Å²) in [5.74, 6) is 0.370. The predicted molar refractivity (Wildman–Crippen MR) is 94.6 cm³/mol. The van der Waals surface area contributed by atoms with Crippen molar-refractivity contribution in [2.45, 2.75) is 32.0 Å². The van der Waals surface area contributed by atoms with Crippen LogP contribution in [0.3, 0.4) is 0 Å². The number of nitrogens with zero attached hydrogens (tertiary/aromatic N) is 2. The van der Waals surface area contributed by atoms with Crippen molar-refractivity contribution < 1.29 is 18.0 Å². The molecular weight excluding hydrogens is 341 g/mol. The van der Waals surface area contributed by atoms with E-state index in [0.29, 0.717) is 11.6 Å². The van der Waals surface area contributed by atoms with E-state index < -0.39 is 11.7 Å². The second kappa shape index (κ2) is 6.04. The molecule has 0 bridgehead atoms. The molecule has 2 aliphatic rings. The normalized spacial score (nSPS) is 22.8. The first-order valence-corrected chi connectivity index (χ1v) is 8.73. The molecule has 0 radical (unpaired) electrons. The van der Waals surface area contributed by atoms with Gasteiger partial charge in [-0.2, -0.15) is 13.2 Å². The van der Waals surface area contributed by atoms with Crippen molar-refractivity contribution in [2.24, 2.45) is 5.92 Å². The van der Waals surface area contributed by atoms with E-state index in [-0.39, 0.29) is 11.9 Å². The SMILES string of the molecule is CC1CCN2c3ccccc3N(c3ccc(C(F)(F)F)cc3)C(=O)C2C1. The molecule has 1 amide bonds. The summed E-state index contributed by atoms with van der Waals surface area (Å²) in [6, 6.07) is 12.1. The highest BCUT2D eigenvalue weighted by atomic mass is 19.4. The number of carbonyl (C=O) groups is 1. The van der Waals surface area contributed by atoms with Crippen LogP contribution in [-0.2, 0) is 11.0 Å². The number of para-hydroxylation sites is 2. The second-order valence-electron chi connectivity index (χ2n) is 7.05. The Morgan fingerprint density at radius 2 is 1.65 bits per heavy atom. The minimum absolute atomic E-state index is 0.0741. The van der Waals surface area contributed by atoms with Crippen LogP contribution < -0.4 is 9.80 Å². The summed E-state index contributed by atoms with van der Waals surface area (Å²) in [6.45, 7) is 2.95. The summed E-state index contributed by atoms with van der Waals surface area (Å²) in [7, 11) is 0. The Labute approximate surface area is 150 Å². The van der Waals surface area contributed by atoms with Gasteiger partial charge in [0.1, 0.15) is 6.04 Å². The second-order valence-corrected chi connectivity index (χ2v) is 7.05. The zero-order valence-corrected chi connectivity index (χ0v) is 14.3. The van der Waals surface area contributed by atoms with Crippen LogP contribution in [0.15, 0.2) is 48.5 Å². The summed E-state index contributed by atoms with van der Waals surface area (Å²) < 4.78 is 38.6. The largest absolute Gasteiger partial charge is 0.416 e. The Bertz CT molecular complexity index is 832. The molecule has 2 aliphatic heterocycles. The van der Waals surface area contributed by atoms with E-state index in [1.807, 2.05) is 24.3 Å². The van der Waals surface area contributed by atoms with Gasteiger partial charge in [0.15, 0.2) is 0 Å². The lowest BCUT2D eigenvalue weighted by Gasteiger charge is -2.46. The van der Waals surface area contributed by atoms with Crippen molar-refractivity contribution in [3.63, 3.8) is 0 Å². The van der Waals surface area contributed by atoms with Crippen LogP contribution in [0.2, 0.25) is 0 Å². The number of amides is 1. The molecule has 0 spiro atoms. The minimum atomic E-state index is -4.39. The number of alkyl halides is 3. The van der Waals surface area contributed by atoms with Gasteiger partial charge in [0.2, 0.25) is 0 Å². The zero-order chi connectivity index (χ0) is 18.5. The number of hydrogen-bond donors (Lipinski definition) is 0. The van der Waals surface area contributed by atoms with Crippen molar-refractivity contribution in [1.82, 2.24) is 0 Å². The molecule has 6 heteroatoms. The maximum Gasteiger partial charge on any atom is 0.416 e. The molecular formula is C20H19F3N2O. The van der Waals surface area contributed by atoms with Crippen LogP contribution in [0.25, 0.3) is 0 Å². The van der Waals surface area contributed by atoms with E-state index in [1.165, 1.54) is 12.1 Å². The fourth-order valence-corrected chi connectivity index (χ4v) is 3.89. The number of piperidine rings is 1. The first-order chi connectivity index (χ1) is 12.4. The third kappa shape index (κ3) is 2.73. The van der Waals surface area contributed by atoms with Gasteiger partial charge in [-0.25, -0.2) is 0 Å². The van der Waals surface area contributed by atoms with E-state index >= 15 is 0 Å². The van der Waals surface area contributed by atoms with Crippen LogP contribution in [0, 0.1) is 5.92 Å². The van der Waals surface area contributed by atoms with Gasteiger partial charge in [-0.3, -0.25) is 9.69 Å². The van der Waals surface area contributed by atoms with Crippen molar-refractivity contribution in [1.29, 1.82) is 0 Å². The number of carbonyl (C=O) groups excluding carboxylic acids is 1. The fraction of sp³-hybridized carbons (Fsp3) is 0.350. The fourth-order valence-electron chi connectivity index (χ4n) is 3.89. The van der Waals surface area contributed by atoms with Gasteiger partial charge in [0.05, 0.1) is 16.9 Å². The van der Waals surface area contributed by atoms with Crippen molar-refractivity contribution in [2.75, 3.05) is 16.3 Å². The summed E-state index contributed by atoms with van der Waals surface area (Å²) in [5.41, 5.74) is 1.44. The topological polar surface area (TPSA) is 23.6 Å². The molecule has 2 atom stereocenters. The Morgan fingerprint density at radius 1 is 1.00 bits per heavy atom. The van der Waals surface area contributed by atoms with E-state index in [0.717, 1.165) is 42.9 Å². The molecule has 0 aliphatic carbocycles. The average molecular weight is 360 g/mol. The Morgan fingerprint density at radius 3 is 2.31 bits per heavy atom. The standard InChI is InChI=1S/C20H19F3N2O/c1-13-10-11-24-16-4-2-3-5-17(16)25(19(26)18(24)12-13)15-8-6-14(7-9-15)20(21,22)23/h2-9,13,18H,10-12H2,1H3. The van der Waals surface area contributed by atoms with Crippen molar-refractivity contribution >= 4 is 23.0 Å². The molecule has 0 saturated carbocycles. The minimum Gasteiger partial charge on any atom is -0.358 e. The molecule has 2 unspecified atom stereocenters. The van der Waals surface area contributed by atoms with Gasteiger partial charge in [-0.05, 0) is 55.2 Å². The summed E-state index contributed by atoms with van der Waals surface area (Å²) in [5, 5.41) is 0. The Hall–Kier alpha value is -2.50. The molecule has 2 heterocycles. The van der Waals surface area contributed by atoms with E-state index in [1.54, 1.807) is 4.90 Å². The molecule has 3 nitrogen and oxygen atoms in total. The lowest BCUT2D eigenvalue weighted by molar-refractivity contribution is -0.137. The first kappa shape index (κ1) is 16.9. The smallest absolute Gasteiger partial charge is 0.358 e. The quantitative estimate of drug-likeness (QED) is 0.715. The van der Waals surface area contributed by atoms with Crippen LogP contribution >= 0.6 is 0 Å². The molecule has 1 fully saturated rings. The van der Waals surface area contributed by atoms with Gasteiger partial charge >= 0.3 is 6.18 Å². The third-order valence-corrected chi connectivity index (χ3v) is 5.25. The van der Waals surface area contributed by atoms with Crippen molar-refractivity contribution in [3.8, 4) is 0 Å². The summed E-state index contributed by atoms with van der Waals surface area (Å²) >= 11 is 0.